The molecule has 2 unspecified atom stereocenters. The highest BCUT2D eigenvalue weighted by atomic mass is 16.5. The zero-order valence-corrected chi connectivity index (χ0v) is 11.4. The van der Waals surface area contributed by atoms with Crippen LogP contribution in [0.3, 0.4) is 0 Å². The summed E-state index contributed by atoms with van der Waals surface area (Å²) in [6.45, 7) is 3.05. The van der Waals surface area contributed by atoms with Gasteiger partial charge in [-0.3, -0.25) is 0 Å². The van der Waals surface area contributed by atoms with Crippen LogP contribution in [0.5, 0.6) is 0 Å². The molecule has 2 atom stereocenters. The number of ether oxygens (including phenoxy) is 1. The predicted molar refractivity (Wildman–Crippen MR) is 71.7 cm³/mol. The molecule has 2 saturated carbocycles. The van der Waals surface area contributed by atoms with Crippen molar-refractivity contribution in [3.05, 3.63) is 0 Å². The second-order valence-electron chi connectivity index (χ2n) is 6.14. The van der Waals surface area contributed by atoms with Crippen molar-refractivity contribution in [1.82, 2.24) is 0 Å². The van der Waals surface area contributed by atoms with Crippen LogP contribution in [0.15, 0.2) is 5.16 Å². The first-order valence-corrected chi connectivity index (χ1v) is 7.25. The molecule has 0 radical (unpaired) electrons. The van der Waals surface area contributed by atoms with Crippen LogP contribution in [0.2, 0.25) is 0 Å². The van der Waals surface area contributed by atoms with E-state index in [0.717, 1.165) is 25.4 Å². The van der Waals surface area contributed by atoms with Gasteiger partial charge in [0.25, 0.3) is 0 Å². The lowest BCUT2D eigenvalue weighted by Crippen LogP contribution is -2.27. The van der Waals surface area contributed by atoms with Gasteiger partial charge in [0.2, 0.25) is 0 Å². The van der Waals surface area contributed by atoms with Gasteiger partial charge in [0, 0.05) is 11.8 Å². The zero-order chi connectivity index (χ0) is 13.0. The van der Waals surface area contributed by atoms with E-state index >= 15 is 0 Å². The van der Waals surface area contributed by atoms with Crippen molar-refractivity contribution >= 4 is 5.84 Å². The van der Waals surface area contributed by atoms with Crippen molar-refractivity contribution in [2.75, 3.05) is 6.61 Å². The molecule has 2 aliphatic rings. The number of nitrogens with two attached hydrogens (primary N) is 1. The summed E-state index contributed by atoms with van der Waals surface area (Å²) in [5, 5.41) is 11.7. The molecule has 2 fully saturated rings. The molecule has 0 bridgehead atoms. The van der Waals surface area contributed by atoms with E-state index in [0.29, 0.717) is 18.4 Å². The highest BCUT2D eigenvalue weighted by Crippen LogP contribution is 2.49. The van der Waals surface area contributed by atoms with Crippen LogP contribution in [0.25, 0.3) is 0 Å². The van der Waals surface area contributed by atoms with Crippen LogP contribution in [-0.2, 0) is 4.74 Å². The summed E-state index contributed by atoms with van der Waals surface area (Å²) in [6.07, 6.45) is 9.77. The van der Waals surface area contributed by atoms with Crippen LogP contribution >= 0.6 is 0 Å². The third-order valence-corrected chi connectivity index (χ3v) is 4.58. The molecular formula is C14H26N2O2. The molecule has 0 aromatic carbocycles. The maximum atomic E-state index is 8.63. The van der Waals surface area contributed by atoms with Crippen LogP contribution in [0.1, 0.15) is 58.3 Å². The molecule has 0 aromatic rings. The summed E-state index contributed by atoms with van der Waals surface area (Å²) in [5.41, 5.74) is 5.77. The molecule has 2 rings (SSSR count). The predicted octanol–water partition coefficient (Wildman–Crippen LogP) is 2.89. The number of oxime groups is 1. The monoisotopic (exact) mass is 254 g/mol. The molecule has 2 aliphatic carbocycles. The van der Waals surface area contributed by atoms with Crippen molar-refractivity contribution in [3.63, 3.8) is 0 Å². The molecule has 4 nitrogen and oxygen atoms in total. The van der Waals surface area contributed by atoms with Gasteiger partial charge in [0.05, 0.1) is 12.7 Å². The minimum absolute atomic E-state index is 0.176. The number of rotatable bonds is 6. The molecule has 0 heterocycles. The fourth-order valence-corrected chi connectivity index (χ4v) is 3.03. The molecule has 0 spiro atoms. The Hall–Kier alpha value is -0.770. The van der Waals surface area contributed by atoms with Gasteiger partial charge < -0.3 is 15.7 Å². The van der Waals surface area contributed by atoms with Crippen molar-refractivity contribution in [3.8, 4) is 0 Å². The molecule has 0 saturated heterocycles. The number of nitrogens with zero attached hydrogens (tertiary/aromatic N) is 1. The maximum absolute atomic E-state index is 8.63. The summed E-state index contributed by atoms with van der Waals surface area (Å²) < 4.78 is 6.10. The molecular weight excluding hydrogens is 228 g/mol. The summed E-state index contributed by atoms with van der Waals surface area (Å²) in [6, 6.07) is 0. The van der Waals surface area contributed by atoms with Gasteiger partial charge in [-0.05, 0) is 31.6 Å². The fourth-order valence-electron chi connectivity index (χ4n) is 3.03. The molecule has 0 aromatic heterocycles. The normalized spacial score (nSPS) is 31.3. The summed E-state index contributed by atoms with van der Waals surface area (Å²) in [5.74, 6) is 1.19. The first-order chi connectivity index (χ1) is 8.67. The Kier molecular flexibility index (Phi) is 4.49. The van der Waals surface area contributed by atoms with Gasteiger partial charge >= 0.3 is 0 Å². The van der Waals surface area contributed by atoms with Crippen LogP contribution in [0.4, 0.5) is 0 Å². The SMILES string of the molecule is CCC1CCCC(OCC2(CC(N)=NO)CC2)C1. The molecule has 0 amide bonds. The summed E-state index contributed by atoms with van der Waals surface area (Å²) >= 11 is 0. The van der Waals surface area contributed by atoms with E-state index in [-0.39, 0.29) is 5.41 Å². The first kappa shape index (κ1) is 13.7. The Labute approximate surface area is 110 Å². The average molecular weight is 254 g/mol. The zero-order valence-electron chi connectivity index (χ0n) is 11.4. The Morgan fingerprint density at radius 2 is 2.22 bits per heavy atom. The Morgan fingerprint density at radius 3 is 2.83 bits per heavy atom. The van der Waals surface area contributed by atoms with E-state index in [9.17, 15) is 0 Å². The van der Waals surface area contributed by atoms with E-state index in [2.05, 4.69) is 12.1 Å². The van der Waals surface area contributed by atoms with Crippen molar-refractivity contribution in [2.24, 2.45) is 22.2 Å². The van der Waals surface area contributed by atoms with Crippen molar-refractivity contribution in [2.45, 2.75) is 64.4 Å². The van der Waals surface area contributed by atoms with Gasteiger partial charge in [0.1, 0.15) is 5.84 Å². The van der Waals surface area contributed by atoms with Gasteiger partial charge in [-0.1, -0.05) is 31.3 Å². The number of hydrogen-bond donors (Lipinski definition) is 2. The Balaban J connectivity index is 1.74. The highest BCUT2D eigenvalue weighted by molar-refractivity contribution is 5.80. The number of hydrogen-bond acceptors (Lipinski definition) is 3. The van der Waals surface area contributed by atoms with Crippen LogP contribution < -0.4 is 5.73 Å². The third kappa shape index (κ3) is 3.61. The average Bonchev–Trinajstić information content (AvgIpc) is 3.17. The van der Waals surface area contributed by atoms with E-state index in [1.54, 1.807) is 0 Å². The standard InChI is InChI=1S/C14H26N2O2/c1-2-11-4-3-5-12(8-11)18-10-14(6-7-14)9-13(15)16-17/h11-12,17H,2-10H2,1H3,(H2,15,16). The van der Waals surface area contributed by atoms with E-state index < -0.39 is 0 Å². The second kappa shape index (κ2) is 5.91. The maximum Gasteiger partial charge on any atom is 0.139 e. The minimum atomic E-state index is 0.176. The molecule has 18 heavy (non-hydrogen) atoms. The smallest absolute Gasteiger partial charge is 0.139 e. The molecule has 104 valence electrons. The topological polar surface area (TPSA) is 67.8 Å². The van der Waals surface area contributed by atoms with Crippen LogP contribution in [-0.4, -0.2) is 23.8 Å². The third-order valence-electron chi connectivity index (χ3n) is 4.58. The highest BCUT2D eigenvalue weighted by Gasteiger charge is 2.44. The molecule has 4 heteroatoms. The summed E-state index contributed by atoms with van der Waals surface area (Å²) in [7, 11) is 0. The molecule has 3 N–H and O–H groups in total. The lowest BCUT2D eigenvalue weighted by Gasteiger charge is -2.29. The first-order valence-electron chi connectivity index (χ1n) is 7.25. The van der Waals surface area contributed by atoms with Gasteiger partial charge in [-0.25, -0.2) is 0 Å². The Morgan fingerprint density at radius 1 is 1.44 bits per heavy atom. The van der Waals surface area contributed by atoms with E-state index in [4.69, 9.17) is 15.7 Å². The quantitative estimate of drug-likeness (QED) is 0.331. The Bertz CT molecular complexity index is 300. The van der Waals surface area contributed by atoms with Crippen molar-refractivity contribution < 1.29 is 9.94 Å². The summed E-state index contributed by atoms with van der Waals surface area (Å²) in [4.78, 5) is 0. The van der Waals surface area contributed by atoms with Gasteiger partial charge in [-0.2, -0.15) is 0 Å². The lowest BCUT2D eigenvalue weighted by atomic mass is 9.85. The van der Waals surface area contributed by atoms with Crippen molar-refractivity contribution in [1.29, 1.82) is 0 Å². The van der Waals surface area contributed by atoms with Gasteiger partial charge in [0.15, 0.2) is 0 Å². The molecule has 0 aliphatic heterocycles. The second-order valence-corrected chi connectivity index (χ2v) is 6.14. The van der Waals surface area contributed by atoms with E-state index in [1.807, 2.05) is 0 Å². The minimum Gasteiger partial charge on any atom is -0.409 e. The van der Waals surface area contributed by atoms with Crippen LogP contribution in [0, 0.1) is 11.3 Å². The largest absolute Gasteiger partial charge is 0.409 e. The van der Waals surface area contributed by atoms with Gasteiger partial charge in [-0.15, -0.1) is 0 Å². The number of amidine groups is 1. The lowest BCUT2D eigenvalue weighted by molar-refractivity contribution is -0.0101. The van der Waals surface area contributed by atoms with E-state index in [1.165, 1.54) is 32.1 Å². The fraction of sp³-hybridized carbons (Fsp3) is 0.929.